The van der Waals surface area contributed by atoms with E-state index < -0.39 is 5.41 Å². The van der Waals surface area contributed by atoms with Crippen LogP contribution in [0.1, 0.15) is 26.3 Å². The Balaban J connectivity index is 2.39. The molecule has 0 aliphatic heterocycles. The van der Waals surface area contributed by atoms with E-state index in [4.69, 9.17) is 4.74 Å². The van der Waals surface area contributed by atoms with Crippen LogP contribution in [0, 0.1) is 5.41 Å². The number of carbonyl (C=O) groups excluding carboxylic acids is 2. The maximum Gasteiger partial charge on any atom is 0.310 e. The first-order chi connectivity index (χ1) is 7.89. The van der Waals surface area contributed by atoms with Gasteiger partial charge in [0, 0.05) is 5.41 Å². The van der Waals surface area contributed by atoms with Crippen molar-refractivity contribution in [3.63, 3.8) is 0 Å². The molecule has 0 saturated heterocycles. The van der Waals surface area contributed by atoms with Gasteiger partial charge in [0.15, 0.2) is 12.4 Å². The van der Waals surface area contributed by atoms with E-state index in [0.717, 1.165) is 5.56 Å². The van der Waals surface area contributed by atoms with Crippen molar-refractivity contribution >= 4 is 11.8 Å². The van der Waals surface area contributed by atoms with Crippen molar-refractivity contribution in [1.29, 1.82) is 0 Å². The summed E-state index contributed by atoms with van der Waals surface area (Å²) in [4.78, 5) is 23.0. The Morgan fingerprint density at radius 1 is 1.12 bits per heavy atom. The molecule has 1 rings (SSSR count). The summed E-state index contributed by atoms with van der Waals surface area (Å²) in [6.45, 7) is 5.27. The molecule has 0 fully saturated rings. The molecule has 0 radical (unpaired) electrons. The second-order valence-electron chi connectivity index (χ2n) is 5.00. The third-order valence-electron chi connectivity index (χ3n) is 2.39. The standard InChI is InChI=1S/C14H18O3/c1-14(2,3)12(15)10-17-13(16)9-11-7-5-4-6-8-11/h4-8H,9-10H2,1-3H3. The predicted octanol–water partition coefficient (Wildman–Crippen LogP) is 2.39. The molecule has 0 amide bonds. The number of rotatable bonds is 4. The van der Waals surface area contributed by atoms with Crippen molar-refractivity contribution in [2.24, 2.45) is 5.41 Å². The summed E-state index contributed by atoms with van der Waals surface area (Å²) in [7, 11) is 0. The van der Waals surface area contributed by atoms with E-state index in [1.54, 1.807) is 20.8 Å². The SMILES string of the molecule is CC(C)(C)C(=O)COC(=O)Cc1ccccc1. The van der Waals surface area contributed by atoms with Crippen LogP contribution in [0.4, 0.5) is 0 Å². The molecule has 17 heavy (non-hydrogen) atoms. The van der Waals surface area contributed by atoms with Gasteiger partial charge in [-0.05, 0) is 5.56 Å². The zero-order chi connectivity index (χ0) is 12.9. The van der Waals surface area contributed by atoms with Crippen molar-refractivity contribution in [3.05, 3.63) is 35.9 Å². The normalized spacial score (nSPS) is 11.0. The Morgan fingerprint density at radius 2 is 1.71 bits per heavy atom. The monoisotopic (exact) mass is 234 g/mol. The van der Waals surface area contributed by atoms with Gasteiger partial charge in [0.1, 0.15) is 0 Å². The molecule has 0 spiro atoms. The van der Waals surface area contributed by atoms with Gasteiger partial charge >= 0.3 is 5.97 Å². The molecule has 0 N–H and O–H groups in total. The highest BCUT2D eigenvalue weighted by atomic mass is 16.5. The maximum absolute atomic E-state index is 11.5. The third kappa shape index (κ3) is 4.81. The molecule has 1 aromatic rings. The first-order valence-electron chi connectivity index (χ1n) is 5.62. The van der Waals surface area contributed by atoms with Gasteiger partial charge in [-0.1, -0.05) is 51.1 Å². The Bertz CT molecular complexity index is 388. The van der Waals surface area contributed by atoms with E-state index in [9.17, 15) is 9.59 Å². The average molecular weight is 234 g/mol. The topological polar surface area (TPSA) is 43.4 Å². The summed E-state index contributed by atoms with van der Waals surface area (Å²) >= 11 is 0. The van der Waals surface area contributed by atoms with Gasteiger partial charge in [0.25, 0.3) is 0 Å². The summed E-state index contributed by atoms with van der Waals surface area (Å²) in [6, 6.07) is 9.32. The first-order valence-corrected chi connectivity index (χ1v) is 5.62. The molecular weight excluding hydrogens is 216 g/mol. The van der Waals surface area contributed by atoms with Gasteiger partial charge in [-0.3, -0.25) is 9.59 Å². The smallest absolute Gasteiger partial charge is 0.310 e. The van der Waals surface area contributed by atoms with Gasteiger partial charge in [0.05, 0.1) is 6.42 Å². The number of benzene rings is 1. The minimum atomic E-state index is -0.465. The minimum Gasteiger partial charge on any atom is -0.457 e. The fraction of sp³-hybridized carbons (Fsp3) is 0.429. The van der Waals surface area contributed by atoms with E-state index in [1.165, 1.54) is 0 Å². The van der Waals surface area contributed by atoms with Crippen molar-refractivity contribution < 1.29 is 14.3 Å². The molecular formula is C14H18O3. The molecule has 0 aliphatic rings. The Hall–Kier alpha value is -1.64. The quantitative estimate of drug-likeness (QED) is 0.751. The summed E-state index contributed by atoms with van der Waals surface area (Å²) in [5.41, 5.74) is 0.424. The van der Waals surface area contributed by atoms with Crippen molar-refractivity contribution in [2.75, 3.05) is 6.61 Å². The largest absolute Gasteiger partial charge is 0.457 e. The molecule has 0 atom stereocenters. The van der Waals surface area contributed by atoms with Crippen molar-refractivity contribution in [2.45, 2.75) is 27.2 Å². The molecule has 0 unspecified atom stereocenters. The zero-order valence-corrected chi connectivity index (χ0v) is 10.5. The number of ether oxygens (including phenoxy) is 1. The van der Waals surface area contributed by atoms with E-state index in [2.05, 4.69) is 0 Å². The third-order valence-corrected chi connectivity index (χ3v) is 2.39. The Kier molecular flexibility index (Phi) is 4.44. The zero-order valence-electron chi connectivity index (χ0n) is 10.5. The highest BCUT2D eigenvalue weighted by Crippen LogP contribution is 2.14. The molecule has 0 aliphatic carbocycles. The summed E-state index contributed by atoms with van der Waals surface area (Å²) < 4.78 is 4.95. The molecule has 3 heteroatoms. The van der Waals surface area contributed by atoms with Crippen LogP contribution in [0.25, 0.3) is 0 Å². The second-order valence-corrected chi connectivity index (χ2v) is 5.00. The molecule has 92 valence electrons. The molecule has 1 aromatic carbocycles. The van der Waals surface area contributed by atoms with Gasteiger partial charge < -0.3 is 4.74 Å². The fourth-order valence-electron chi connectivity index (χ4n) is 1.18. The Morgan fingerprint density at radius 3 is 2.24 bits per heavy atom. The van der Waals surface area contributed by atoms with Crippen LogP contribution in [0.3, 0.4) is 0 Å². The van der Waals surface area contributed by atoms with Gasteiger partial charge in [-0.15, -0.1) is 0 Å². The van der Waals surface area contributed by atoms with Crippen molar-refractivity contribution in [3.8, 4) is 0 Å². The van der Waals surface area contributed by atoms with E-state index in [1.807, 2.05) is 30.3 Å². The van der Waals surface area contributed by atoms with Gasteiger partial charge in [-0.2, -0.15) is 0 Å². The summed E-state index contributed by atoms with van der Waals surface area (Å²) in [6.07, 6.45) is 0.207. The van der Waals surface area contributed by atoms with Crippen LogP contribution in [-0.2, 0) is 20.7 Å². The number of Topliss-reactive ketones (excluding diaryl/α,β-unsaturated/α-hetero) is 1. The Labute approximate surface area is 102 Å². The number of hydrogen-bond acceptors (Lipinski definition) is 3. The van der Waals surface area contributed by atoms with Crippen molar-refractivity contribution in [1.82, 2.24) is 0 Å². The first kappa shape index (κ1) is 13.4. The second kappa shape index (κ2) is 5.62. The molecule has 3 nitrogen and oxygen atoms in total. The summed E-state index contributed by atoms with van der Waals surface area (Å²) in [5.74, 6) is -0.437. The highest BCUT2D eigenvalue weighted by molar-refractivity contribution is 5.86. The lowest BCUT2D eigenvalue weighted by Gasteiger charge is -2.16. The molecule has 0 bridgehead atoms. The number of ketones is 1. The van der Waals surface area contributed by atoms with Gasteiger partial charge in [-0.25, -0.2) is 0 Å². The van der Waals surface area contributed by atoms with Crippen LogP contribution >= 0.6 is 0 Å². The van der Waals surface area contributed by atoms with Crippen LogP contribution < -0.4 is 0 Å². The average Bonchev–Trinajstić information content (AvgIpc) is 2.26. The van der Waals surface area contributed by atoms with E-state index >= 15 is 0 Å². The lowest BCUT2D eigenvalue weighted by molar-refractivity contribution is -0.149. The fourth-order valence-corrected chi connectivity index (χ4v) is 1.18. The number of carbonyl (C=O) groups is 2. The van der Waals surface area contributed by atoms with Crippen LogP contribution in [0.15, 0.2) is 30.3 Å². The van der Waals surface area contributed by atoms with Crippen LogP contribution in [-0.4, -0.2) is 18.4 Å². The minimum absolute atomic E-state index is 0.0705. The van der Waals surface area contributed by atoms with E-state index in [0.29, 0.717) is 0 Å². The number of hydrogen-bond donors (Lipinski definition) is 0. The van der Waals surface area contributed by atoms with Gasteiger partial charge in [0.2, 0.25) is 0 Å². The lowest BCUT2D eigenvalue weighted by atomic mass is 9.91. The van der Waals surface area contributed by atoms with E-state index in [-0.39, 0.29) is 24.8 Å². The summed E-state index contributed by atoms with van der Waals surface area (Å²) in [5, 5.41) is 0. The number of esters is 1. The maximum atomic E-state index is 11.5. The van der Waals surface area contributed by atoms with Crippen LogP contribution in [0.5, 0.6) is 0 Å². The highest BCUT2D eigenvalue weighted by Gasteiger charge is 2.22. The predicted molar refractivity (Wildman–Crippen MR) is 65.6 cm³/mol. The molecule has 0 aromatic heterocycles. The van der Waals surface area contributed by atoms with Crippen LogP contribution in [0.2, 0.25) is 0 Å². The lowest BCUT2D eigenvalue weighted by Crippen LogP contribution is -2.26. The molecule has 0 heterocycles. The molecule has 0 saturated carbocycles.